The number of hydrogen-bond acceptors (Lipinski definition) is 5. The van der Waals surface area contributed by atoms with Gasteiger partial charge in [0, 0.05) is 10.6 Å². The summed E-state index contributed by atoms with van der Waals surface area (Å²) >= 11 is 5.85. The van der Waals surface area contributed by atoms with Gasteiger partial charge >= 0.3 is 0 Å². The summed E-state index contributed by atoms with van der Waals surface area (Å²) in [5.41, 5.74) is 1.25. The SMILES string of the molecule is Cc1occc1C(=O)N[C@@H](C)c1noc(-c2ccc(Cl)cc2)n1. The molecule has 0 saturated heterocycles. The van der Waals surface area contributed by atoms with Crippen LogP contribution in [-0.2, 0) is 0 Å². The molecule has 1 N–H and O–H groups in total. The Labute approximate surface area is 137 Å². The number of hydrogen-bond donors (Lipinski definition) is 1. The first-order valence-corrected chi connectivity index (χ1v) is 7.37. The van der Waals surface area contributed by atoms with E-state index in [1.54, 1.807) is 44.2 Å². The monoisotopic (exact) mass is 331 g/mol. The second-order valence-corrected chi connectivity index (χ2v) is 5.49. The highest BCUT2D eigenvalue weighted by Crippen LogP contribution is 2.21. The molecule has 3 rings (SSSR count). The lowest BCUT2D eigenvalue weighted by atomic mass is 10.2. The molecule has 0 radical (unpaired) electrons. The Hall–Kier alpha value is -2.60. The van der Waals surface area contributed by atoms with E-state index in [1.807, 2.05) is 0 Å². The lowest BCUT2D eigenvalue weighted by Crippen LogP contribution is -2.27. The Morgan fingerprint density at radius 3 is 2.65 bits per heavy atom. The van der Waals surface area contributed by atoms with E-state index >= 15 is 0 Å². The fraction of sp³-hybridized carbons (Fsp3) is 0.188. The van der Waals surface area contributed by atoms with E-state index < -0.39 is 6.04 Å². The number of nitrogens with one attached hydrogen (secondary N) is 1. The maximum atomic E-state index is 12.2. The molecule has 0 fully saturated rings. The molecule has 0 spiro atoms. The summed E-state index contributed by atoms with van der Waals surface area (Å²) in [5.74, 6) is 1.08. The van der Waals surface area contributed by atoms with Crippen LogP contribution in [0.25, 0.3) is 11.5 Å². The molecule has 0 aliphatic rings. The van der Waals surface area contributed by atoms with Crippen molar-refractivity contribution >= 4 is 17.5 Å². The molecule has 23 heavy (non-hydrogen) atoms. The van der Waals surface area contributed by atoms with Gasteiger partial charge in [0.2, 0.25) is 0 Å². The molecule has 1 amide bonds. The van der Waals surface area contributed by atoms with E-state index in [-0.39, 0.29) is 5.91 Å². The lowest BCUT2D eigenvalue weighted by molar-refractivity contribution is 0.0936. The van der Waals surface area contributed by atoms with Crippen molar-refractivity contribution < 1.29 is 13.7 Å². The van der Waals surface area contributed by atoms with E-state index in [9.17, 15) is 4.79 Å². The summed E-state index contributed by atoms with van der Waals surface area (Å²) in [6.07, 6.45) is 1.47. The quantitative estimate of drug-likeness (QED) is 0.786. The number of carbonyl (C=O) groups is 1. The smallest absolute Gasteiger partial charge is 0.257 e. The van der Waals surface area contributed by atoms with Crippen molar-refractivity contribution in [1.29, 1.82) is 0 Å². The summed E-state index contributed by atoms with van der Waals surface area (Å²) in [6, 6.07) is 8.28. The Morgan fingerprint density at radius 2 is 2.00 bits per heavy atom. The number of amides is 1. The van der Waals surface area contributed by atoms with Crippen LogP contribution < -0.4 is 5.32 Å². The number of nitrogens with zero attached hydrogens (tertiary/aromatic N) is 2. The molecular weight excluding hydrogens is 318 g/mol. The largest absolute Gasteiger partial charge is 0.469 e. The van der Waals surface area contributed by atoms with Crippen molar-refractivity contribution in [3.05, 3.63) is 58.8 Å². The summed E-state index contributed by atoms with van der Waals surface area (Å²) in [5, 5.41) is 7.35. The highest BCUT2D eigenvalue weighted by atomic mass is 35.5. The van der Waals surface area contributed by atoms with Crippen molar-refractivity contribution in [3.8, 4) is 11.5 Å². The maximum Gasteiger partial charge on any atom is 0.257 e. The van der Waals surface area contributed by atoms with Gasteiger partial charge in [0.1, 0.15) is 5.76 Å². The highest BCUT2D eigenvalue weighted by molar-refractivity contribution is 6.30. The Kier molecular flexibility index (Phi) is 4.16. The van der Waals surface area contributed by atoms with Gasteiger partial charge in [-0.2, -0.15) is 4.98 Å². The molecule has 118 valence electrons. The number of benzene rings is 1. The second kappa shape index (κ2) is 6.26. The molecule has 3 aromatic rings. The van der Waals surface area contributed by atoms with Crippen LogP contribution in [0.2, 0.25) is 5.02 Å². The van der Waals surface area contributed by atoms with Gasteiger partial charge < -0.3 is 14.3 Å². The topological polar surface area (TPSA) is 81.2 Å². The highest BCUT2D eigenvalue weighted by Gasteiger charge is 2.19. The Morgan fingerprint density at radius 1 is 1.26 bits per heavy atom. The van der Waals surface area contributed by atoms with E-state index in [4.69, 9.17) is 20.5 Å². The molecule has 2 aromatic heterocycles. The molecule has 2 heterocycles. The third kappa shape index (κ3) is 3.27. The fourth-order valence-electron chi connectivity index (χ4n) is 2.08. The second-order valence-electron chi connectivity index (χ2n) is 5.05. The molecule has 0 aliphatic carbocycles. The summed E-state index contributed by atoms with van der Waals surface area (Å²) < 4.78 is 10.4. The zero-order valence-electron chi connectivity index (χ0n) is 12.5. The molecular formula is C16H14ClN3O3. The minimum absolute atomic E-state index is 0.249. The molecule has 0 unspecified atom stereocenters. The van der Waals surface area contributed by atoms with Crippen LogP contribution in [0.5, 0.6) is 0 Å². The number of carbonyl (C=O) groups excluding carboxylic acids is 1. The summed E-state index contributed by atoms with van der Waals surface area (Å²) in [7, 11) is 0. The first kappa shape index (κ1) is 15.3. The van der Waals surface area contributed by atoms with Crippen molar-refractivity contribution in [2.75, 3.05) is 0 Å². The predicted octanol–water partition coefficient (Wildman–Crippen LogP) is 3.78. The van der Waals surface area contributed by atoms with Crippen molar-refractivity contribution in [1.82, 2.24) is 15.5 Å². The minimum atomic E-state index is -0.401. The average Bonchev–Trinajstić information content (AvgIpc) is 3.17. The van der Waals surface area contributed by atoms with Crippen LogP contribution in [0.1, 0.15) is 34.9 Å². The van der Waals surface area contributed by atoms with Crippen molar-refractivity contribution in [2.45, 2.75) is 19.9 Å². The number of furan rings is 1. The Balaban J connectivity index is 1.73. The van der Waals surface area contributed by atoms with Gasteiger partial charge in [-0.1, -0.05) is 16.8 Å². The molecule has 0 bridgehead atoms. The van der Waals surface area contributed by atoms with Gasteiger partial charge in [-0.3, -0.25) is 4.79 Å². The van der Waals surface area contributed by atoms with Gasteiger partial charge in [-0.25, -0.2) is 0 Å². The zero-order chi connectivity index (χ0) is 16.4. The van der Waals surface area contributed by atoms with Gasteiger partial charge in [0.05, 0.1) is 17.9 Å². The number of rotatable bonds is 4. The first-order chi connectivity index (χ1) is 11.0. The lowest BCUT2D eigenvalue weighted by Gasteiger charge is -2.09. The van der Waals surface area contributed by atoms with Crippen LogP contribution in [0, 0.1) is 6.92 Å². The number of aromatic nitrogens is 2. The zero-order valence-corrected chi connectivity index (χ0v) is 13.3. The van der Waals surface area contributed by atoms with E-state index in [0.717, 1.165) is 5.56 Å². The van der Waals surface area contributed by atoms with Crippen LogP contribution >= 0.6 is 11.6 Å². The summed E-state index contributed by atoms with van der Waals surface area (Å²) in [6.45, 7) is 3.51. The van der Waals surface area contributed by atoms with Gasteiger partial charge in [-0.15, -0.1) is 0 Å². The van der Waals surface area contributed by atoms with Gasteiger partial charge in [-0.05, 0) is 44.2 Å². The molecule has 0 aliphatic heterocycles. The Bertz CT molecular complexity index is 823. The molecule has 7 heteroatoms. The maximum absolute atomic E-state index is 12.2. The molecule has 6 nitrogen and oxygen atoms in total. The first-order valence-electron chi connectivity index (χ1n) is 6.99. The van der Waals surface area contributed by atoms with E-state index in [1.165, 1.54) is 6.26 Å². The van der Waals surface area contributed by atoms with E-state index in [0.29, 0.717) is 28.1 Å². The van der Waals surface area contributed by atoms with Crippen molar-refractivity contribution in [3.63, 3.8) is 0 Å². The third-order valence-electron chi connectivity index (χ3n) is 3.37. The van der Waals surface area contributed by atoms with Crippen LogP contribution in [0.4, 0.5) is 0 Å². The molecule has 1 aromatic carbocycles. The van der Waals surface area contributed by atoms with Crippen LogP contribution in [0.3, 0.4) is 0 Å². The molecule has 1 atom stereocenters. The van der Waals surface area contributed by atoms with Crippen LogP contribution in [0.15, 0.2) is 45.5 Å². The predicted molar refractivity (Wildman–Crippen MR) is 84.1 cm³/mol. The van der Waals surface area contributed by atoms with Gasteiger partial charge in [0.25, 0.3) is 11.8 Å². The number of halogens is 1. The molecule has 0 saturated carbocycles. The van der Waals surface area contributed by atoms with E-state index in [2.05, 4.69) is 15.5 Å². The fourth-order valence-corrected chi connectivity index (χ4v) is 2.21. The third-order valence-corrected chi connectivity index (χ3v) is 3.62. The summed E-state index contributed by atoms with van der Waals surface area (Å²) in [4.78, 5) is 16.5. The normalized spacial score (nSPS) is 12.1. The van der Waals surface area contributed by atoms with Gasteiger partial charge in [0.15, 0.2) is 5.82 Å². The average molecular weight is 332 g/mol. The standard InChI is InChI=1S/C16H14ClN3O3/c1-9(18-15(21)13-7-8-22-10(13)2)14-19-16(23-20-14)11-3-5-12(17)6-4-11/h3-9H,1-2H3,(H,18,21)/t9-/m0/s1. The minimum Gasteiger partial charge on any atom is -0.469 e. The van der Waals surface area contributed by atoms with Crippen molar-refractivity contribution in [2.24, 2.45) is 0 Å². The number of aryl methyl sites for hydroxylation is 1. The van der Waals surface area contributed by atoms with Crippen LogP contribution in [-0.4, -0.2) is 16.0 Å².